The second-order valence-electron chi connectivity index (χ2n) is 3.81. The highest BCUT2D eigenvalue weighted by molar-refractivity contribution is 5.91. The van der Waals surface area contributed by atoms with Gasteiger partial charge in [-0.25, -0.2) is 9.36 Å². The van der Waals surface area contributed by atoms with E-state index in [0.717, 1.165) is 11.5 Å². The molecule has 0 N–H and O–H groups in total. The van der Waals surface area contributed by atoms with Gasteiger partial charge in [-0.15, -0.1) is 0 Å². The van der Waals surface area contributed by atoms with Crippen molar-refractivity contribution in [2.45, 2.75) is 13.8 Å². The summed E-state index contributed by atoms with van der Waals surface area (Å²) in [6, 6.07) is 6.17. The van der Waals surface area contributed by atoms with E-state index in [9.17, 15) is 19.2 Å². The van der Waals surface area contributed by atoms with Gasteiger partial charge in [-0.05, 0) is 12.1 Å². The highest BCUT2D eigenvalue weighted by atomic mass is 16.2. The number of para-hydroxylation sites is 1. The third-order valence-corrected chi connectivity index (χ3v) is 2.59. The smallest absolute Gasteiger partial charge is 0.274 e. The Balaban J connectivity index is 3.17. The number of carbonyl (C=O) groups excluding carboxylic acids is 2. The number of hydrogen-bond acceptors (Lipinski definition) is 4. The molecule has 0 spiro atoms. The van der Waals surface area contributed by atoms with E-state index >= 15 is 0 Å². The fourth-order valence-corrected chi connectivity index (χ4v) is 1.84. The van der Waals surface area contributed by atoms with Crippen molar-refractivity contribution in [1.29, 1.82) is 0 Å². The van der Waals surface area contributed by atoms with E-state index in [-0.39, 0.29) is 10.9 Å². The summed E-state index contributed by atoms with van der Waals surface area (Å²) in [7, 11) is 0. The molecule has 0 atom stereocenters. The van der Waals surface area contributed by atoms with E-state index in [2.05, 4.69) is 0 Å². The number of benzene rings is 1. The summed E-state index contributed by atoms with van der Waals surface area (Å²) in [6.07, 6.45) is 0. The summed E-state index contributed by atoms with van der Waals surface area (Å²) in [5, 5.41) is 0.155. The Labute approximate surface area is 101 Å². The average Bonchev–Trinajstić information content (AvgIpc) is 2.28. The average molecular weight is 246 g/mol. The van der Waals surface area contributed by atoms with E-state index < -0.39 is 23.1 Å². The van der Waals surface area contributed by atoms with Gasteiger partial charge in [-0.1, -0.05) is 12.1 Å². The second-order valence-corrected chi connectivity index (χ2v) is 3.81. The van der Waals surface area contributed by atoms with E-state index in [1.807, 2.05) is 0 Å². The predicted octanol–water partition coefficient (Wildman–Crippen LogP) is 0.483. The number of fused-ring (bicyclic) bond motifs is 1. The van der Waals surface area contributed by atoms with Crippen molar-refractivity contribution in [2.24, 2.45) is 0 Å². The quantitative estimate of drug-likeness (QED) is 0.677. The van der Waals surface area contributed by atoms with E-state index in [0.29, 0.717) is 4.57 Å². The maximum atomic E-state index is 12.0. The first-order valence-electron chi connectivity index (χ1n) is 5.24. The minimum absolute atomic E-state index is 0.155. The Morgan fingerprint density at radius 1 is 0.944 bits per heavy atom. The third kappa shape index (κ3) is 1.58. The Morgan fingerprint density at radius 2 is 1.50 bits per heavy atom. The van der Waals surface area contributed by atoms with Crippen LogP contribution in [0.1, 0.15) is 23.4 Å². The van der Waals surface area contributed by atoms with Gasteiger partial charge in [-0.2, -0.15) is 4.57 Å². The molecule has 2 aromatic rings. The summed E-state index contributed by atoms with van der Waals surface area (Å²) < 4.78 is 1.28. The van der Waals surface area contributed by atoms with Gasteiger partial charge in [0.05, 0.1) is 10.9 Å². The van der Waals surface area contributed by atoms with Gasteiger partial charge in [-0.3, -0.25) is 14.4 Å². The molecule has 1 heterocycles. The molecule has 6 heteroatoms. The first kappa shape index (κ1) is 12.0. The minimum atomic E-state index is -0.932. The zero-order valence-corrected chi connectivity index (χ0v) is 9.84. The SMILES string of the molecule is CC(=O)n1c(=O)c2ccccc2n(C(C)=O)c1=O. The molecule has 0 aliphatic carbocycles. The van der Waals surface area contributed by atoms with Crippen molar-refractivity contribution in [3.05, 3.63) is 45.1 Å². The summed E-state index contributed by atoms with van der Waals surface area (Å²) in [6.45, 7) is 2.30. The highest BCUT2D eigenvalue weighted by Gasteiger charge is 2.17. The van der Waals surface area contributed by atoms with Crippen LogP contribution in [-0.4, -0.2) is 20.9 Å². The molecule has 18 heavy (non-hydrogen) atoms. The van der Waals surface area contributed by atoms with Crippen LogP contribution in [0.25, 0.3) is 10.9 Å². The first-order chi connectivity index (χ1) is 8.45. The van der Waals surface area contributed by atoms with Gasteiger partial charge in [0.2, 0.25) is 11.8 Å². The maximum absolute atomic E-state index is 12.0. The normalized spacial score (nSPS) is 10.6. The molecular weight excluding hydrogens is 236 g/mol. The molecule has 1 aromatic carbocycles. The molecule has 0 bridgehead atoms. The Bertz CT molecular complexity index is 783. The number of rotatable bonds is 0. The molecule has 0 aliphatic rings. The van der Waals surface area contributed by atoms with Crippen LogP contribution in [0.2, 0.25) is 0 Å². The Hall–Kier alpha value is -2.50. The van der Waals surface area contributed by atoms with Crippen LogP contribution in [0.3, 0.4) is 0 Å². The second kappa shape index (κ2) is 4.06. The monoisotopic (exact) mass is 246 g/mol. The van der Waals surface area contributed by atoms with Crippen LogP contribution < -0.4 is 11.2 Å². The topological polar surface area (TPSA) is 78.1 Å². The Morgan fingerprint density at radius 3 is 2.06 bits per heavy atom. The van der Waals surface area contributed by atoms with Gasteiger partial charge in [0.25, 0.3) is 5.56 Å². The fraction of sp³-hybridized carbons (Fsp3) is 0.167. The van der Waals surface area contributed by atoms with Crippen LogP contribution >= 0.6 is 0 Å². The summed E-state index contributed by atoms with van der Waals surface area (Å²) in [5.74, 6) is -1.27. The lowest BCUT2D eigenvalue weighted by atomic mass is 10.2. The summed E-state index contributed by atoms with van der Waals surface area (Å²) in [4.78, 5) is 46.8. The lowest BCUT2D eigenvalue weighted by Crippen LogP contribution is -2.44. The Kier molecular flexibility index (Phi) is 2.70. The van der Waals surface area contributed by atoms with E-state index in [1.165, 1.54) is 19.1 Å². The highest BCUT2D eigenvalue weighted by Crippen LogP contribution is 2.06. The molecule has 0 saturated heterocycles. The molecule has 0 radical (unpaired) electrons. The van der Waals surface area contributed by atoms with Crippen molar-refractivity contribution >= 4 is 22.7 Å². The predicted molar refractivity (Wildman–Crippen MR) is 65.1 cm³/mol. The summed E-state index contributed by atoms with van der Waals surface area (Å²) in [5.41, 5.74) is -1.43. The van der Waals surface area contributed by atoms with Crippen molar-refractivity contribution < 1.29 is 9.59 Å². The molecular formula is C12H10N2O4. The van der Waals surface area contributed by atoms with Crippen molar-refractivity contribution in [3.8, 4) is 0 Å². The van der Waals surface area contributed by atoms with Crippen LogP contribution in [0, 0.1) is 0 Å². The molecule has 0 amide bonds. The van der Waals surface area contributed by atoms with Crippen molar-refractivity contribution in [3.63, 3.8) is 0 Å². The molecule has 0 saturated carbocycles. The van der Waals surface area contributed by atoms with Crippen molar-refractivity contribution in [2.75, 3.05) is 0 Å². The molecule has 6 nitrogen and oxygen atoms in total. The molecule has 0 aliphatic heterocycles. The molecule has 1 aromatic heterocycles. The standard InChI is InChI=1S/C12H10N2O4/c1-7(15)13-10-6-4-3-5-9(10)11(17)14(8(2)16)12(13)18/h3-6H,1-2H3. The molecule has 0 fully saturated rings. The van der Waals surface area contributed by atoms with Gasteiger partial charge in [0.15, 0.2) is 0 Å². The number of aromatic nitrogens is 2. The van der Waals surface area contributed by atoms with Gasteiger partial charge >= 0.3 is 5.69 Å². The number of nitrogens with zero attached hydrogens (tertiary/aromatic N) is 2. The van der Waals surface area contributed by atoms with Gasteiger partial charge in [0.1, 0.15) is 0 Å². The van der Waals surface area contributed by atoms with E-state index in [4.69, 9.17) is 0 Å². The minimum Gasteiger partial charge on any atom is -0.274 e. The van der Waals surface area contributed by atoms with Crippen LogP contribution in [-0.2, 0) is 0 Å². The fourth-order valence-electron chi connectivity index (χ4n) is 1.84. The third-order valence-electron chi connectivity index (χ3n) is 2.59. The first-order valence-corrected chi connectivity index (χ1v) is 5.24. The lowest BCUT2D eigenvalue weighted by molar-refractivity contribution is 0.0912. The van der Waals surface area contributed by atoms with Crippen LogP contribution in [0.15, 0.2) is 33.9 Å². The zero-order chi connectivity index (χ0) is 13.4. The summed E-state index contributed by atoms with van der Waals surface area (Å²) >= 11 is 0. The molecule has 92 valence electrons. The van der Waals surface area contributed by atoms with Gasteiger partial charge in [0, 0.05) is 13.8 Å². The molecule has 2 rings (SSSR count). The van der Waals surface area contributed by atoms with Crippen molar-refractivity contribution in [1.82, 2.24) is 9.13 Å². The number of carbonyl (C=O) groups is 2. The number of hydrogen-bond donors (Lipinski definition) is 0. The molecule has 0 unspecified atom stereocenters. The largest absolute Gasteiger partial charge is 0.345 e. The van der Waals surface area contributed by atoms with Gasteiger partial charge < -0.3 is 0 Å². The zero-order valence-electron chi connectivity index (χ0n) is 9.84. The maximum Gasteiger partial charge on any atom is 0.345 e. The van der Waals surface area contributed by atoms with Crippen LogP contribution in [0.4, 0.5) is 0 Å². The van der Waals surface area contributed by atoms with Crippen LogP contribution in [0.5, 0.6) is 0 Å². The lowest BCUT2D eigenvalue weighted by Gasteiger charge is -2.08. The van der Waals surface area contributed by atoms with E-state index in [1.54, 1.807) is 12.1 Å².